The summed E-state index contributed by atoms with van der Waals surface area (Å²) in [5.74, 6) is 0.0761. The van der Waals surface area contributed by atoms with Crippen LogP contribution in [0.4, 0.5) is 5.69 Å². The maximum atomic E-state index is 12.7. The van der Waals surface area contributed by atoms with Crippen molar-refractivity contribution in [3.8, 4) is 17.0 Å². The van der Waals surface area contributed by atoms with Crippen LogP contribution >= 0.6 is 47.0 Å². The zero-order chi connectivity index (χ0) is 25.4. The SMILES string of the molecule is Cc1cc2nn(-c3ccc(Cl)cc3)nc2cc1NC(=S)NC(=O)c1ccc(-c2ccc(Cl)c(Cl)c2)o1. The maximum Gasteiger partial charge on any atom is 0.293 e. The molecule has 180 valence electrons. The van der Waals surface area contributed by atoms with E-state index in [0.717, 1.165) is 11.3 Å². The first kappa shape index (κ1) is 24.3. The van der Waals surface area contributed by atoms with Crippen molar-refractivity contribution < 1.29 is 9.21 Å². The molecule has 0 radical (unpaired) electrons. The number of thiocarbonyl (C=S) groups is 1. The number of benzene rings is 3. The third kappa shape index (κ3) is 5.08. The zero-order valence-corrected chi connectivity index (χ0v) is 21.6. The Labute approximate surface area is 225 Å². The van der Waals surface area contributed by atoms with Gasteiger partial charge in [-0.15, -0.1) is 10.2 Å². The first-order valence-electron chi connectivity index (χ1n) is 10.6. The van der Waals surface area contributed by atoms with Gasteiger partial charge in [0, 0.05) is 16.3 Å². The van der Waals surface area contributed by atoms with Crippen LogP contribution in [0.5, 0.6) is 0 Å². The molecule has 36 heavy (non-hydrogen) atoms. The van der Waals surface area contributed by atoms with Crippen LogP contribution in [0.25, 0.3) is 28.0 Å². The Balaban J connectivity index is 1.29. The van der Waals surface area contributed by atoms with Gasteiger partial charge in [-0.05, 0) is 91.4 Å². The number of carbonyl (C=O) groups excluding carboxylic acids is 1. The van der Waals surface area contributed by atoms with Crippen molar-refractivity contribution in [2.45, 2.75) is 6.92 Å². The summed E-state index contributed by atoms with van der Waals surface area (Å²) in [6.07, 6.45) is 0. The lowest BCUT2D eigenvalue weighted by Gasteiger charge is -2.11. The number of furan rings is 1. The number of halogens is 3. The minimum Gasteiger partial charge on any atom is -0.451 e. The lowest BCUT2D eigenvalue weighted by Crippen LogP contribution is -2.34. The molecule has 2 aromatic heterocycles. The van der Waals surface area contributed by atoms with Gasteiger partial charge in [0.05, 0.1) is 15.7 Å². The van der Waals surface area contributed by atoms with Crippen LogP contribution in [0, 0.1) is 6.92 Å². The highest BCUT2D eigenvalue weighted by atomic mass is 35.5. The second-order valence-corrected chi connectivity index (χ2v) is 9.48. The van der Waals surface area contributed by atoms with Crippen molar-refractivity contribution >= 4 is 74.8 Å². The number of nitrogens with zero attached hydrogens (tertiary/aromatic N) is 3. The zero-order valence-electron chi connectivity index (χ0n) is 18.6. The van der Waals surface area contributed by atoms with Crippen LogP contribution in [-0.2, 0) is 0 Å². The van der Waals surface area contributed by atoms with Gasteiger partial charge in [0.2, 0.25) is 0 Å². The largest absolute Gasteiger partial charge is 0.451 e. The average molecular weight is 557 g/mol. The van der Waals surface area contributed by atoms with Crippen molar-refractivity contribution in [3.63, 3.8) is 0 Å². The Bertz CT molecular complexity index is 1630. The number of aryl methyl sites for hydroxylation is 1. The first-order chi connectivity index (χ1) is 17.3. The molecular formula is C25H16Cl3N5O2S. The Kier molecular flexibility index (Phi) is 6.68. The normalized spacial score (nSPS) is 11.0. The average Bonchev–Trinajstić information content (AvgIpc) is 3.49. The highest BCUT2D eigenvalue weighted by Crippen LogP contribution is 2.29. The van der Waals surface area contributed by atoms with Gasteiger partial charge in [-0.2, -0.15) is 4.80 Å². The van der Waals surface area contributed by atoms with E-state index in [0.29, 0.717) is 43.1 Å². The summed E-state index contributed by atoms with van der Waals surface area (Å²) in [5.41, 5.74) is 4.41. The lowest BCUT2D eigenvalue weighted by atomic mass is 10.2. The molecule has 0 atom stereocenters. The van der Waals surface area contributed by atoms with Crippen molar-refractivity contribution in [2.75, 3.05) is 5.32 Å². The highest BCUT2D eigenvalue weighted by molar-refractivity contribution is 7.80. The summed E-state index contributed by atoms with van der Waals surface area (Å²) >= 11 is 23.4. The molecule has 0 spiro atoms. The van der Waals surface area contributed by atoms with Gasteiger partial charge in [-0.25, -0.2) is 0 Å². The second kappa shape index (κ2) is 9.91. The number of hydrogen-bond donors (Lipinski definition) is 2. The molecule has 11 heteroatoms. The van der Waals surface area contributed by atoms with E-state index < -0.39 is 5.91 Å². The molecule has 2 heterocycles. The van der Waals surface area contributed by atoms with Crippen molar-refractivity contribution in [1.82, 2.24) is 20.3 Å². The van der Waals surface area contributed by atoms with Gasteiger partial charge in [-0.3, -0.25) is 10.1 Å². The van der Waals surface area contributed by atoms with Gasteiger partial charge in [0.15, 0.2) is 10.9 Å². The highest BCUT2D eigenvalue weighted by Gasteiger charge is 2.16. The van der Waals surface area contributed by atoms with E-state index >= 15 is 0 Å². The number of amides is 1. The number of rotatable bonds is 4. The van der Waals surface area contributed by atoms with Gasteiger partial charge < -0.3 is 9.73 Å². The van der Waals surface area contributed by atoms with Crippen LogP contribution < -0.4 is 10.6 Å². The van der Waals surface area contributed by atoms with E-state index in [9.17, 15) is 4.79 Å². The monoisotopic (exact) mass is 555 g/mol. The molecule has 0 saturated carbocycles. The molecule has 0 aliphatic heterocycles. The third-order valence-corrected chi connectivity index (χ3v) is 6.49. The van der Waals surface area contributed by atoms with Crippen LogP contribution in [0.1, 0.15) is 16.1 Å². The molecule has 7 nitrogen and oxygen atoms in total. The number of fused-ring (bicyclic) bond motifs is 1. The minimum absolute atomic E-state index is 0.0957. The minimum atomic E-state index is -0.494. The van der Waals surface area contributed by atoms with Crippen LogP contribution in [0.15, 0.2) is 71.1 Å². The maximum absolute atomic E-state index is 12.7. The molecule has 0 unspecified atom stereocenters. The van der Waals surface area contributed by atoms with Crippen molar-refractivity contribution in [2.24, 2.45) is 0 Å². The summed E-state index contributed by atoms with van der Waals surface area (Å²) in [5, 5.41) is 16.3. The van der Waals surface area contributed by atoms with Gasteiger partial charge >= 0.3 is 0 Å². The van der Waals surface area contributed by atoms with Gasteiger partial charge in [0.25, 0.3) is 5.91 Å². The summed E-state index contributed by atoms with van der Waals surface area (Å²) in [6.45, 7) is 1.91. The van der Waals surface area contributed by atoms with E-state index in [1.165, 1.54) is 4.80 Å². The Morgan fingerprint density at radius 2 is 1.64 bits per heavy atom. The molecule has 0 bridgehead atoms. The molecule has 2 N–H and O–H groups in total. The molecule has 5 rings (SSSR count). The van der Waals surface area contributed by atoms with Crippen LogP contribution in [0.3, 0.4) is 0 Å². The predicted octanol–water partition coefficient (Wildman–Crippen LogP) is 7.08. The summed E-state index contributed by atoms with van der Waals surface area (Å²) in [6, 6.07) is 19.2. The number of carbonyl (C=O) groups is 1. The second-order valence-electron chi connectivity index (χ2n) is 7.82. The number of hydrogen-bond acceptors (Lipinski definition) is 5. The molecular weight excluding hydrogens is 541 g/mol. The third-order valence-electron chi connectivity index (χ3n) is 5.29. The van der Waals surface area contributed by atoms with E-state index in [4.69, 9.17) is 51.4 Å². The Morgan fingerprint density at radius 3 is 2.36 bits per heavy atom. The van der Waals surface area contributed by atoms with Gasteiger partial charge in [0.1, 0.15) is 16.8 Å². The van der Waals surface area contributed by atoms with E-state index in [1.54, 1.807) is 42.5 Å². The fourth-order valence-electron chi connectivity index (χ4n) is 3.48. The van der Waals surface area contributed by atoms with Crippen molar-refractivity contribution in [3.05, 3.63) is 93.1 Å². The molecule has 0 saturated heterocycles. The predicted molar refractivity (Wildman–Crippen MR) is 146 cm³/mol. The lowest BCUT2D eigenvalue weighted by molar-refractivity contribution is 0.0951. The molecule has 5 aromatic rings. The Hall–Kier alpha value is -3.43. The van der Waals surface area contributed by atoms with E-state index in [2.05, 4.69) is 20.8 Å². The smallest absolute Gasteiger partial charge is 0.293 e. The van der Waals surface area contributed by atoms with Gasteiger partial charge in [-0.1, -0.05) is 34.8 Å². The number of aromatic nitrogens is 3. The fourth-order valence-corrected chi connectivity index (χ4v) is 4.10. The Morgan fingerprint density at radius 1 is 0.917 bits per heavy atom. The molecule has 3 aromatic carbocycles. The van der Waals surface area contributed by atoms with Crippen LogP contribution in [0.2, 0.25) is 15.1 Å². The summed E-state index contributed by atoms with van der Waals surface area (Å²) < 4.78 is 5.68. The quantitative estimate of drug-likeness (QED) is 0.230. The summed E-state index contributed by atoms with van der Waals surface area (Å²) in [4.78, 5) is 14.2. The molecule has 0 fully saturated rings. The number of anilines is 1. The number of nitrogens with one attached hydrogen (secondary N) is 2. The molecule has 0 aliphatic carbocycles. The van der Waals surface area contributed by atoms with Crippen LogP contribution in [-0.4, -0.2) is 26.0 Å². The van der Waals surface area contributed by atoms with E-state index in [1.807, 2.05) is 31.2 Å². The topological polar surface area (TPSA) is 85.0 Å². The molecule has 1 amide bonds. The van der Waals surface area contributed by atoms with Crippen molar-refractivity contribution in [1.29, 1.82) is 0 Å². The first-order valence-corrected chi connectivity index (χ1v) is 12.1. The molecule has 0 aliphatic rings. The standard InChI is InChI=1S/C25H16Cl3N5O2S/c1-13-10-20-21(32-33(31-20)16-5-3-15(26)4-6-16)12-19(13)29-25(36)30-24(34)23-9-8-22(35-23)14-2-7-17(27)18(28)11-14/h2-12H,1H3,(H2,29,30,34,36). The van der Waals surface area contributed by atoms with E-state index in [-0.39, 0.29) is 10.9 Å². The summed E-state index contributed by atoms with van der Waals surface area (Å²) in [7, 11) is 0. The fraction of sp³-hybridized carbons (Fsp3) is 0.0400.